The number of likely N-dealkylation sites (N-methyl/N-ethyl adjacent to an activating group) is 1. The molecule has 0 aliphatic heterocycles. The third-order valence-electron chi connectivity index (χ3n) is 4.41. The zero-order valence-corrected chi connectivity index (χ0v) is 21.0. The van der Waals surface area contributed by atoms with Crippen LogP contribution >= 0.6 is 24.0 Å². The van der Waals surface area contributed by atoms with E-state index in [2.05, 4.69) is 20.5 Å². The predicted octanol–water partition coefficient (Wildman–Crippen LogP) is 2.92. The summed E-state index contributed by atoms with van der Waals surface area (Å²) in [7, 11) is 0.358. The molecule has 2 rings (SSSR count). The second-order valence-electron chi connectivity index (χ2n) is 7.20. The van der Waals surface area contributed by atoms with Gasteiger partial charge in [0.1, 0.15) is 11.6 Å². The summed E-state index contributed by atoms with van der Waals surface area (Å²) < 4.78 is 49.8. The average molecular weight is 566 g/mol. The molecule has 2 aromatic rings. The van der Waals surface area contributed by atoms with Crippen LogP contribution in [-0.2, 0) is 28.7 Å². The highest BCUT2D eigenvalue weighted by Crippen LogP contribution is 2.14. The molecule has 0 unspecified atom stereocenters. The maximum Gasteiger partial charge on any atom is 0.191 e. The molecule has 172 valence electrons. The minimum absolute atomic E-state index is 0. The molecule has 2 aromatic carbocycles. The molecule has 0 aliphatic rings. The fourth-order valence-corrected chi connectivity index (χ4v) is 3.77. The summed E-state index contributed by atoms with van der Waals surface area (Å²) >= 11 is 0. The van der Waals surface area contributed by atoms with E-state index in [-0.39, 0.29) is 42.1 Å². The molecular weight excluding hydrogens is 537 g/mol. The van der Waals surface area contributed by atoms with Crippen molar-refractivity contribution in [2.45, 2.75) is 18.8 Å². The minimum Gasteiger partial charge on any atom is -0.355 e. The maximum absolute atomic E-state index is 13.6. The van der Waals surface area contributed by atoms with Crippen LogP contribution in [0.2, 0.25) is 0 Å². The van der Waals surface area contributed by atoms with E-state index in [0.29, 0.717) is 30.2 Å². The van der Waals surface area contributed by atoms with Gasteiger partial charge in [-0.3, -0.25) is 4.99 Å². The Morgan fingerprint density at radius 2 is 1.68 bits per heavy atom. The van der Waals surface area contributed by atoms with Crippen molar-refractivity contribution in [2.75, 3.05) is 33.4 Å². The Morgan fingerprint density at radius 3 is 2.29 bits per heavy atom. The van der Waals surface area contributed by atoms with Gasteiger partial charge in [0.15, 0.2) is 15.8 Å². The van der Waals surface area contributed by atoms with Crippen LogP contribution in [0.1, 0.15) is 16.7 Å². The zero-order chi connectivity index (χ0) is 22.1. The Balaban J connectivity index is 0.00000480. The number of halogens is 3. The Bertz CT molecular complexity index is 970. The van der Waals surface area contributed by atoms with E-state index in [1.807, 2.05) is 7.05 Å². The highest BCUT2D eigenvalue weighted by Gasteiger charge is 2.11. The summed E-state index contributed by atoms with van der Waals surface area (Å²) in [6.45, 7) is 2.26. The van der Waals surface area contributed by atoms with Crippen LogP contribution in [-0.4, -0.2) is 52.7 Å². The highest BCUT2D eigenvalue weighted by atomic mass is 127. The molecule has 0 atom stereocenters. The minimum atomic E-state index is -3.23. The van der Waals surface area contributed by atoms with E-state index < -0.39 is 15.7 Å². The number of nitrogens with zero attached hydrogens (tertiary/aromatic N) is 2. The molecule has 0 aromatic heterocycles. The van der Waals surface area contributed by atoms with Gasteiger partial charge in [-0.05, 0) is 48.0 Å². The van der Waals surface area contributed by atoms with E-state index in [1.54, 1.807) is 19.2 Å². The van der Waals surface area contributed by atoms with Crippen molar-refractivity contribution >= 4 is 39.8 Å². The van der Waals surface area contributed by atoms with Crippen LogP contribution in [0.25, 0.3) is 0 Å². The van der Waals surface area contributed by atoms with Gasteiger partial charge >= 0.3 is 0 Å². The molecule has 0 radical (unpaired) electrons. The molecule has 6 nitrogen and oxygen atoms in total. The van der Waals surface area contributed by atoms with Gasteiger partial charge < -0.3 is 15.5 Å². The van der Waals surface area contributed by atoms with E-state index in [1.165, 1.54) is 30.3 Å². The number of aliphatic imine (C=N–C) groups is 1. The zero-order valence-electron chi connectivity index (χ0n) is 17.9. The van der Waals surface area contributed by atoms with Gasteiger partial charge in [-0.1, -0.05) is 18.2 Å². The van der Waals surface area contributed by atoms with Gasteiger partial charge in [0.2, 0.25) is 0 Å². The lowest BCUT2D eigenvalue weighted by Gasteiger charge is -2.19. The summed E-state index contributed by atoms with van der Waals surface area (Å²) in [6.07, 6.45) is 1.15. The Hall–Kier alpha value is -1.79. The molecule has 2 N–H and O–H groups in total. The van der Waals surface area contributed by atoms with Crippen molar-refractivity contribution in [1.29, 1.82) is 0 Å². The maximum atomic E-state index is 13.6. The van der Waals surface area contributed by atoms with E-state index >= 15 is 0 Å². The first kappa shape index (κ1) is 27.2. The van der Waals surface area contributed by atoms with E-state index in [4.69, 9.17) is 0 Å². The van der Waals surface area contributed by atoms with Gasteiger partial charge in [-0.2, -0.15) is 0 Å². The molecule has 0 bridgehead atoms. The fraction of sp³-hybridized carbons (Fsp3) is 0.381. The largest absolute Gasteiger partial charge is 0.355 e. The average Bonchev–Trinajstić information content (AvgIpc) is 2.67. The highest BCUT2D eigenvalue weighted by molar-refractivity contribution is 14.0. The van der Waals surface area contributed by atoms with Crippen molar-refractivity contribution < 1.29 is 17.2 Å². The second-order valence-corrected chi connectivity index (χ2v) is 9.34. The molecular formula is C21H29F2IN4O2S. The van der Waals surface area contributed by atoms with Crippen molar-refractivity contribution in [1.82, 2.24) is 15.5 Å². The van der Waals surface area contributed by atoms with Crippen molar-refractivity contribution in [3.8, 4) is 0 Å². The fourth-order valence-electron chi connectivity index (χ4n) is 2.93. The van der Waals surface area contributed by atoms with Crippen LogP contribution in [0.15, 0.2) is 47.5 Å². The van der Waals surface area contributed by atoms with Gasteiger partial charge in [0.25, 0.3) is 0 Å². The molecule has 0 heterocycles. The van der Waals surface area contributed by atoms with Gasteiger partial charge in [0, 0.05) is 39.5 Å². The Kier molecular flexibility index (Phi) is 11.4. The second kappa shape index (κ2) is 12.9. The monoisotopic (exact) mass is 566 g/mol. The van der Waals surface area contributed by atoms with Crippen molar-refractivity contribution in [3.63, 3.8) is 0 Å². The third kappa shape index (κ3) is 10.4. The van der Waals surface area contributed by atoms with Crippen LogP contribution in [0.3, 0.4) is 0 Å². The first-order valence-electron chi connectivity index (χ1n) is 9.49. The standard InChI is InChI=1S/C21H28F2N4O2S.HI/c1-24-21(25-10-11-27(2)14-16-4-7-19(22)8-5-16)26-13-18-12-20(23)9-6-17(18)15-30(3,28)29;/h4-9,12H,10-11,13-15H2,1-3H3,(H2,24,25,26);1H. The number of hydrogen-bond acceptors (Lipinski definition) is 4. The quantitative estimate of drug-likeness (QED) is 0.278. The molecule has 10 heteroatoms. The summed E-state index contributed by atoms with van der Waals surface area (Å²) in [6, 6.07) is 10.5. The lowest BCUT2D eigenvalue weighted by atomic mass is 10.1. The van der Waals surface area contributed by atoms with Crippen LogP contribution in [0.5, 0.6) is 0 Å². The number of rotatable bonds is 9. The van der Waals surface area contributed by atoms with Crippen molar-refractivity contribution in [2.24, 2.45) is 4.99 Å². The number of hydrogen-bond donors (Lipinski definition) is 2. The Labute approximate surface area is 200 Å². The summed E-state index contributed by atoms with van der Waals surface area (Å²) in [5, 5.41) is 6.26. The topological polar surface area (TPSA) is 73.8 Å². The SMILES string of the molecule is CN=C(NCCN(C)Cc1ccc(F)cc1)NCc1cc(F)ccc1CS(C)(=O)=O.I. The van der Waals surface area contributed by atoms with Crippen molar-refractivity contribution in [3.05, 3.63) is 70.8 Å². The summed E-state index contributed by atoms with van der Waals surface area (Å²) in [5.41, 5.74) is 2.14. The number of nitrogens with one attached hydrogen (secondary N) is 2. The predicted molar refractivity (Wildman–Crippen MR) is 131 cm³/mol. The van der Waals surface area contributed by atoms with Gasteiger partial charge in [-0.15, -0.1) is 24.0 Å². The molecule has 0 saturated heterocycles. The lowest BCUT2D eigenvalue weighted by Crippen LogP contribution is -2.40. The Morgan fingerprint density at radius 1 is 1.03 bits per heavy atom. The number of benzene rings is 2. The first-order chi connectivity index (χ1) is 14.2. The first-order valence-corrected chi connectivity index (χ1v) is 11.5. The van der Waals surface area contributed by atoms with Gasteiger partial charge in [-0.25, -0.2) is 17.2 Å². The smallest absolute Gasteiger partial charge is 0.191 e. The third-order valence-corrected chi connectivity index (χ3v) is 5.24. The number of sulfone groups is 1. The van der Waals surface area contributed by atoms with Crippen LogP contribution in [0.4, 0.5) is 8.78 Å². The van der Waals surface area contributed by atoms with Crippen LogP contribution in [0, 0.1) is 11.6 Å². The van der Waals surface area contributed by atoms with Crippen LogP contribution < -0.4 is 10.6 Å². The summed E-state index contributed by atoms with van der Waals surface area (Å²) in [5.74, 6) is -0.296. The molecule has 0 aliphatic carbocycles. The van der Waals surface area contributed by atoms with Gasteiger partial charge in [0.05, 0.1) is 5.75 Å². The molecule has 0 amide bonds. The lowest BCUT2D eigenvalue weighted by molar-refractivity contribution is 0.331. The molecule has 31 heavy (non-hydrogen) atoms. The normalized spacial score (nSPS) is 11.9. The molecule has 0 fully saturated rings. The molecule has 0 saturated carbocycles. The molecule has 0 spiro atoms. The van der Waals surface area contributed by atoms with E-state index in [9.17, 15) is 17.2 Å². The summed E-state index contributed by atoms with van der Waals surface area (Å²) in [4.78, 5) is 6.23. The number of guanidine groups is 1. The van der Waals surface area contributed by atoms with E-state index in [0.717, 1.165) is 18.4 Å².